The van der Waals surface area contributed by atoms with Crippen molar-refractivity contribution in [3.63, 3.8) is 0 Å². The highest BCUT2D eigenvalue weighted by Gasteiger charge is 2.30. The van der Waals surface area contributed by atoms with E-state index in [-0.39, 0.29) is 0 Å². The highest BCUT2D eigenvalue weighted by molar-refractivity contribution is 6.30. The number of halogens is 1. The van der Waals surface area contributed by atoms with E-state index in [1.165, 1.54) is 55.7 Å². The molecule has 4 nitrogen and oxygen atoms in total. The number of nitrogens with one attached hydrogen (secondary N) is 1. The Morgan fingerprint density at radius 2 is 2.08 bits per heavy atom. The van der Waals surface area contributed by atoms with Gasteiger partial charge in [-0.05, 0) is 76.4 Å². The van der Waals surface area contributed by atoms with Gasteiger partial charge in [0.05, 0.1) is 17.4 Å². The first-order valence-electron chi connectivity index (χ1n) is 9.47. The van der Waals surface area contributed by atoms with Crippen LogP contribution in [0.3, 0.4) is 0 Å². The summed E-state index contributed by atoms with van der Waals surface area (Å²) in [6.45, 7) is 4.30. The molecule has 134 valence electrons. The van der Waals surface area contributed by atoms with Crippen LogP contribution in [-0.4, -0.2) is 34.8 Å². The maximum Gasteiger partial charge on any atom is 0.133 e. The molecule has 1 N–H and O–H groups in total. The van der Waals surface area contributed by atoms with Crippen molar-refractivity contribution in [2.75, 3.05) is 25.5 Å². The SMILES string of the molecule is Cc1cc(Cl)ccc1-n1nc(C2CCCCN2C)c2c1NCCCC2. The van der Waals surface area contributed by atoms with Crippen LogP contribution in [0.5, 0.6) is 0 Å². The first-order valence-corrected chi connectivity index (χ1v) is 9.85. The highest BCUT2D eigenvalue weighted by Crippen LogP contribution is 2.37. The van der Waals surface area contributed by atoms with Gasteiger partial charge in [-0.25, -0.2) is 4.68 Å². The van der Waals surface area contributed by atoms with E-state index in [9.17, 15) is 0 Å². The van der Waals surface area contributed by atoms with E-state index in [0.29, 0.717) is 6.04 Å². The first-order chi connectivity index (χ1) is 12.1. The molecule has 0 spiro atoms. The molecule has 2 aliphatic rings. The molecule has 1 saturated heterocycles. The summed E-state index contributed by atoms with van der Waals surface area (Å²) in [5, 5.41) is 9.57. The number of piperidine rings is 1. The summed E-state index contributed by atoms with van der Waals surface area (Å²) < 4.78 is 2.13. The Kier molecular flexibility index (Phi) is 4.74. The predicted octanol–water partition coefficient (Wildman–Crippen LogP) is 4.74. The van der Waals surface area contributed by atoms with Crippen LogP contribution in [-0.2, 0) is 6.42 Å². The molecule has 1 aromatic carbocycles. The van der Waals surface area contributed by atoms with Gasteiger partial charge in [0.1, 0.15) is 5.82 Å². The maximum atomic E-state index is 6.17. The van der Waals surface area contributed by atoms with E-state index in [2.05, 4.69) is 34.9 Å². The molecule has 1 unspecified atom stereocenters. The molecule has 25 heavy (non-hydrogen) atoms. The fraction of sp³-hybridized carbons (Fsp3) is 0.550. The third-order valence-electron chi connectivity index (χ3n) is 5.63. The average Bonchev–Trinajstić information content (AvgIpc) is 2.78. The number of aromatic nitrogens is 2. The second kappa shape index (κ2) is 7.00. The predicted molar refractivity (Wildman–Crippen MR) is 104 cm³/mol. The zero-order valence-electron chi connectivity index (χ0n) is 15.2. The van der Waals surface area contributed by atoms with Crippen molar-refractivity contribution in [1.29, 1.82) is 0 Å². The van der Waals surface area contributed by atoms with Gasteiger partial charge in [-0.15, -0.1) is 0 Å². The normalized spacial score (nSPS) is 21.5. The van der Waals surface area contributed by atoms with Crippen molar-refractivity contribution in [2.24, 2.45) is 0 Å². The average molecular weight is 359 g/mol. The molecule has 0 aliphatic carbocycles. The van der Waals surface area contributed by atoms with Crippen LogP contribution in [0.1, 0.15) is 55.0 Å². The minimum Gasteiger partial charge on any atom is -0.370 e. The molecular weight excluding hydrogens is 332 g/mol. The maximum absolute atomic E-state index is 6.17. The van der Waals surface area contributed by atoms with Gasteiger partial charge in [-0.1, -0.05) is 18.0 Å². The summed E-state index contributed by atoms with van der Waals surface area (Å²) in [5.41, 5.74) is 4.98. The highest BCUT2D eigenvalue weighted by atomic mass is 35.5. The van der Waals surface area contributed by atoms with Gasteiger partial charge >= 0.3 is 0 Å². The van der Waals surface area contributed by atoms with E-state index in [4.69, 9.17) is 16.7 Å². The smallest absolute Gasteiger partial charge is 0.133 e. The van der Waals surface area contributed by atoms with Crippen LogP contribution in [0.25, 0.3) is 5.69 Å². The Balaban J connectivity index is 1.84. The number of likely N-dealkylation sites (tertiary alicyclic amines) is 1. The van der Waals surface area contributed by atoms with Crippen LogP contribution < -0.4 is 5.32 Å². The number of hydrogen-bond acceptors (Lipinski definition) is 3. The van der Waals surface area contributed by atoms with Crippen molar-refractivity contribution >= 4 is 17.4 Å². The molecule has 2 aromatic rings. The molecule has 5 heteroatoms. The summed E-state index contributed by atoms with van der Waals surface area (Å²) >= 11 is 6.17. The van der Waals surface area contributed by atoms with Gasteiger partial charge < -0.3 is 5.32 Å². The Morgan fingerprint density at radius 3 is 2.88 bits per heavy atom. The largest absolute Gasteiger partial charge is 0.370 e. The molecule has 0 saturated carbocycles. The van der Waals surface area contributed by atoms with E-state index >= 15 is 0 Å². The monoisotopic (exact) mass is 358 g/mol. The summed E-state index contributed by atoms with van der Waals surface area (Å²) in [6, 6.07) is 6.51. The van der Waals surface area contributed by atoms with Gasteiger partial charge in [0.25, 0.3) is 0 Å². The Morgan fingerprint density at radius 1 is 1.20 bits per heavy atom. The number of benzene rings is 1. The lowest BCUT2D eigenvalue weighted by molar-refractivity contribution is 0.182. The van der Waals surface area contributed by atoms with Crippen LogP contribution in [0.15, 0.2) is 18.2 Å². The lowest BCUT2D eigenvalue weighted by Gasteiger charge is -2.31. The second-order valence-electron chi connectivity index (χ2n) is 7.43. The van der Waals surface area contributed by atoms with Crippen LogP contribution >= 0.6 is 11.6 Å². The molecular formula is C20H27ClN4. The van der Waals surface area contributed by atoms with E-state index in [1.807, 2.05) is 12.1 Å². The standard InChI is InChI=1S/C20H27ClN4/c1-14-13-15(21)9-10-17(14)25-20-16(7-3-5-11-22-20)19(23-25)18-8-4-6-12-24(18)2/h9-10,13,18,22H,3-8,11-12H2,1-2H3. The van der Waals surface area contributed by atoms with Gasteiger partial charge in [0.2, 0.25) is 0 Å². The molecule has 3 heterocycles. The Hall–Kier alpha value is -1.52. The van der Waals surface area contributed by atoms with Crippen molar-refractivity contribution in [3.05, 3.63) is 40.0 Å². The fourth-order valence-corrected chi connectivity index (χ4v) is 4.47. The number of aryl methyl sites for hydroxylation is 1. The lowest BCUT2D eigenvalue weighted by Crippen LogP contribution is -2.30. The second-order valence-corrected chi connectivity index (χ2v) is 7.87. The van der Waals surface area contributed by atoms with E-state index < -0.39 is 0 Å². The number of hydrogen-bond donors (Lipinski definition) is 1. The molecule has 0 amide bonds. The molecule has 1 fully saturated rings. The molecule has 1 atom stereocenters. The third-order valence-corrected chi connectivity index (χ3v) is 5.87. The van der Waals surface area contributed by atoms with Gasteiger partial charge in [0, 0.05) is 17.1 Å². The quantitative estimate of drug-likeness (QED) is 0.841. The summed E-state index contributed by atoms with van der Waals surface area (Å²) in [7, 11) is 2.24. The van der Waals surface area contributed by atoms with Crippen molar-refractivity contribution in [3.8, 4) is 5.69 Å². The van der Waals surface area contributed by atoms with Crippen molar-refractivity contribution < 1.29 is 0 Å². The van der Waals surface area contributed by atoms with Crippen molar-refractivity contribution in [1.82, 2.24) is 14.7 Å². The van der Waals surface area contributed by atoms with Crippen LogP contribution in [0, 0.1) is 6.92 Å². The minimum atomic E-state index is 0.441. The third kappa shape index (κ3) is 3.18. The Bertz CT molecular complexity index is 767. The van der Waals surface area contributed by atoms with Crippen molar-refractivity contribution in [2.45, 2.75) is 51.5 Å². The summed E-state index contributed by atoms with van der Waals surface area (Å²) in [6.07, 6.45) is 7.37. The van der Waals surface area contributed by atoms with Gasteiger partial charge in [-0.3, -0.25) is 4.90 Å². The molecule has 0 bridgehead atoms. The molecule has 0 radical (unpaired) electrons. The van der Waals surface area contributed by atoms with Gasteiger partial charge in [-0.2, -0.15) is 5.10 Å². The first kappa shape index (κ1) is 16.9. The summed E-state index contributed by atoms with van der Waals surface area (Å²) in [5.74, 6) is 1.19. The number of anilines is 1. The molecule has 4 rings (SSSR count). The van der Waals surface area contributed by atoms with E-state index in [1.54, 1.807) is 0 Å². The Labute approximate surface area is 155 Å². The summed E-state index contributed by atoms with van der Waals surface area (Å²) in [4.78, 5) is 2.48. The zero-order chi connectivity index (χ0) is 17.4. The van der Waals surface area contributed by atoms with Crippen LogP contribution in [0.4, 0.5) is 5.82 Å². The molecule has 1 aromatic heterocycles. The van der Waals surface area contributed by atoms with E-state index in [0.717, 1.165) is 29.2 Å². The van der Waals surface area contributed by atoms with Gasteiger partial charge in [0.15, 0.2) is 0 Å². The fourth-order valence-electron chi connectivity index (χ4n) is 4.25. The minimum absolute atomic E-state index is 0.441. The number of nitrogens with zero attached hydrogens (tertiary/aromatic N) is 3. The lowest BCUT2D eigenvalue weighted by atomic mass is 9.96. The van der Waals surface area contributed by atoms with Crippen LogP contribution in [0.2, 0.25) is 5.02 Å². The number of fused-ring (bicyclic) bond motifs is 1. The topological polar surface area (TPSA) is 33.1 Å². The number of rotatable bonds is 2. The zero-order valence-corrected chi connectivity index (χ0v) is 15.9. The molecule has 2 aliphatic heterocycles.